The topological polar surface area (TPSA) is 113 Å². The molecule has 0 spiro atoms. The molecule has 2 amide bonds. The summed E-state index contributed by atoms with van der Waals surface area (Å²) in [6.45, 7) is 10.1. The van der Waals surface area contributed by atoms with E-state index >= 15 is 0 Å². The molecule has 1 rings (SSSR count). The van der Waals surface area contributed by atoms with Crippen molar-refractivity contribution in [1.82, 2.24) is 9.80 Å². The monoisotopic (exact) mass is 328 g/mol. The average molecular weight is 328 g/mol. The van der Waals surface area contributed by atoms with Gasteiger partial charge in [0, 0.05) is 11.6 Å². The average Bonchev–Trinajstić information content (AvgIpc) is 2.40. The number of nitrogens with two attached hydrogens (primary N) is 2. The molecule has 0 heterocycles. The van der Waals surface area contributed by atoms with Gasteiger partial charge in [0.05, 0.1) is 6.67 Å². The van der Waals surface area contributed by atoms with Crippen LogP contribution in [0.15, 0.2) is 0 Å². The van der Waals surface area contributed by atoms with Gasteiger partial charge in [-0.2, -0.15) is 0 Å². The van der Waals surface area contributed by atoms with Crippen LogP contribution in [-0.4, -0.2) is 51.3 Å². The van der Waals surface area contributed by atoms with Crippen LogP contribution in [0.4, 0.5) is 4.79 Å². The van der Waals surface area contributed by atoms with Gasteiger partial charge in [0.2, 0.25) is 0 Å². The molecule has 0 aromatic heterocycles. The minimum atomic E-state index is -1.43. The van der Waals surface area contributed by atoms with Gasteiger partial charge in [0.1, 0.15) is 0 Å². The maximum Gasteiger partial charge on any atom is 0.341 e. The molecule has 0 bridgehead atoms. The van der Waals surface area contributed by atoms with Crippen LogP contribution in [0.5, 0.6) is 0 Å². The number of rotatable bonds is 4. The normalized spacial score (nSPS) is 20.0. The Hall–Kier alpha value is -1.34. The van der Waals surface area contributed by atoms with E-state index in [1.165, 1.54) is 0 Å². The van der Waals surface area contributed by atoms with Crippen LogP contribution in [-0.2, 0) is 4.79 Å². The fourth-order valence-electron chi connectivity index (χ4n) is 3.22. The molecular weight excluding hydrogens is 296 g/mol. The van der Waals surface area contributed by atoms with Crippen molar-refractivity contribution in [1.29, 1.82) is 0 Å². The lowest BCUT2D eigenvalue weighted by Gasteiger charge is -2.48. The third kappa shape index (κ3) is 4.81. The maximum absolute atomic E-state index is 13.0. The third-order valence-corrected chi connectivity index (χ3v) is 4.63. The first-order valence-corrected chi connectivity index (χ1v) is 8.19. The number of nitrogens with zero attached hydrogens (tertiary/aromatic N) is 2. The second-order valence-electron chi connectivity index (χ2n) is 8.15. The Balaban J connectivity index is 3.03. The van der Waals surface area contributed by atoms with E-state index in [0.29, 0.717) is 0 Å². The number of urea groups is 1. The summed E-state index contributed by atoms with van der Waals surface area (Å²) >= 11 is 0. The van der Waals surface area contributed by atoms with Crippen molar-refractivity contribution in [2.45, 2.75) is 78.0 Å². The van der Waals surface area contributed by atoms with Gasteiger partial charge < -0.3 is 21.5 Å². The van der Waals surface area contributed by atoms with Crippen LogP contribution in [0, 0.1) is 5.41 Å². The number of carbonyl (C=O) groups is 2. The number of carboxylic acid groups (broad SMARTS) is 1. The van der Waals surface area contributed by atoms with Crippen LogP contribution in [0.2, 0.25) is 0 Å². The molecule has 23 heavy (non-hydrogen) atoms. The zero-order valence-electron chi connectivity index (χ0n) is 15.0. The van der Waals surface area contributed by atoms with Crippen molar-refractivity contribution in [3.63, 3.8) is 0 Å². The Morgan fingerprint density at radius 2 is 1.74 bits per heavy atom. The van der Waals surface area contributed by atoms with Gasteiger partial charge in [-0.05, 0) is 51.9 Å². The van der Waals surface area contributed by atoms with E-state index < -0.39 is 23.7 Å². The first-order valence-electron chi connectivity index (χ1n) is 8.19. The second-order valence-corrected chi connectivity index (χ2v) is 8.15. The van der Waals surface area contributed by atoms with Crippen molar-refractivity contribution in [2.75, 3.05) is 6.67 Å². The van der Waals surface area contributed by atoms with E-state index in [2.05, 4.69) is 13.8 Å². The molecular formula is C16H32N4O3. The fraction of sp³-hybridized carbons (Fsp3) is 0.875. The summed E-state index contributed by atoms with van der Waals surface area (Å²) in [4.78, 5) is 26.9. The molecule has 1 aliphatic rings. The van der Waals surface area contributed by atoms with E-state index in [-0.39, 0.29) is 18.1 Å². The molecule has 1 fully saturated rings. The Labute approximate surface area is 139 Å². The molecule has 0 saturated heterocycles. The van der Waals surface area contributed by atoms with Gasteiger partial charge in [-0.15, -0.1) is 0 Å². The number of aliphatic carboxylic acids is 1. The Morgan fingerprint density at radius 1 is 1.26 bits per heavy atom. The lowest BCUT2D eigenvalue weighted by atomic mass is 9.74. The van der Waals surface area contributed by atoms with Crippen LogP contribution < -0.4 is 11.5 Å². The van der Waals surface area contributed by atoms with Crippen molar-refractivity contribution in [3.05, 3.63) is 0 Å². The summed E-state index contributed by atoms with van der Waals surface area (Å²) in [7, 11) is 0. The Bertz CT molecular complexity index is 435. The number of hydrogen-bond acceptors (Lipinski definition) is 4. The highest BCUT2D eigenvalue weighted by atomic mass is 16.4. The van der Waals surface area contributed by atoms with E-state index in [9.17, 15) is 9.59 Å². The van der Waals surface area contributed by atoms with E-state index in [0.717, 1.165) is 30.6 Å². The summed E-state index contributed by atoms with van der Waals surface area (Å²) < 4.78 is 0. The van der Waals surface area contributed by atoms with Crippen molar-refractivity contribution >= 4 is 12.0 Å². The quantitative estimate of drug-likeness (QED) is 0.681. The highest BCUT2D eigenvalue weighted by Gasteiger charge is 2.40. The number of carbonyl (C=O) groups excluding carboxylic acids is 1. The predicted octanol–water partition coefficient (Wildman–Crippen LogP) is 1.76. The van der Waals surface area contributed by atoms with Gasteiger partial charge >= 0.3 is 12.0 Å². The van der Waals surface area contributed by atoms with E-state index in [1.54, 1.807) is 4.90 Å². The highest BCUT2D eigenvalue weighted by Crippen LogP contribution is 2.39. The van der Waals surface area contributed by atoms with Crippen LogP contribution in [0.3, 0.4) is 0 Å². The lowest BCUT2D eigenvalue weighted by molar-refractivity contribution is -0.142. The zero-order chi connectivity index (χ0) is 18.0. The van der Waals surface area contributed by atoms with Gasteiger partial charge in [0.25, 0.3) is 0 Å². The largest absolute Gasteiger partial charge is 0.479 e. The molecule has 1 saturated carbocycles. The molecule has 1 aliphatic carbocycles. The fourth-order valence-corrected chi connectivity index (χ4v) is 3.22. The first kappa shape index (κ1) is 19.7. The standard InChI is InChI=1S/C16H32N4O3/c1-15(2,3)20(11-6-8-16(4,5)9-7-11)14(23)19(10-17)12(18)13(21)22/h11-12H,6-10,17-18H2,1-5H3,(H,21,22). The SMILES string of the molecule is CC1(C)CCC(N(C(=O)N(CN)C(N)C(=O)O)C(C)(C)C)CC1. The third-order valence-electron chi connectivity index (χ3n) is 4.63. The van der Waals surface area contributed by atoms with Gasteiger partial charge in [-0.3, -0.25) is 4.90 Å². The highest BCUT2D eigenvalue weighted by molar-refractivity contribution is 5.82. The molecule has 134 valence electrons. The minimum Gasteiger partial charge on any atom is -0.479 e. The van der Waals surface area contributed by atoms with Crippen LogP contribution >= 0.6 is 0 Å². The number of hydrogen-bond donors (Lipinski definition) is 3. The lowest BCUT2D eigenvalue weighted by Crippen LogP contribution is -2.63. The van der Waals surface area contributed by atoms with Crippen LogP contribution in [0.25, 0.3) is 0 Å². The smallest absolute Gasteiger partial charge is 0.341 e. The molecule has 7 nitrogen and oxygen atoms in total. The number of carboxylic acids is 1. The van der Waals surface area contributed by atoms with Gasteiger partial charge in [-0.25, -0.2) is 9.59 Å². The van der Waals surface area contributed by atoms with Gasteiger partial charge in [0.15, 0.2) is 6.17 Å². The van der Waals surface area contributed by atoms with E-state index in [4.69, 9.17) is 16.6 Å². The van der Waals surface area contributed by atoms with E-state index in [1.807, 2.05) is 20.8 Å². The Morgan fingerprint density at radius 3 is 2.09 bits per heavy atom. The summed E-state index contributed by atoms with van der Waals surface area (Å²) in [5.41, 5.74) is 11.1. The number of amides is 2. The molecule has 0 aliphatic heterocycles. The molecule has 7 heteroatoms. The minimum absolute atomic E-state index is 0.0746. The predicted molar refractivity (Wildman–Crippen MR) is 89.5 cm³/mol. The molecule has 5 N–H and O–H groups in total. The zero-order valence-corrected chi connectivity index (χ0v) is 15.0. The molecule has 0 aromatic carbocycles. The van der Waals surface area contributed by atoms with Crippen LogP contribution in [0.1, 0.15) is 60.3 Å². The molecule has 1 atom stereocenters. The van der Waals surface area contributed by atoms with Gasteiger partial charge in [-0.1, -0.05) is 13.8 Å². The summed E-state index contributed by atoms with van der Waals surface area (Å²) in [6, 6.07) is -0.329. The Kier molecular flexibility index (Phi) is 6.04. The molecule has 0 aromatic rings. The van der Waals surface area contributed by atoms with Crippen molar-refractivity contribution in [3.8, 4) is 0 Å². The first-order chi connectivity index (χ1) is 10.4. The molecule has 0 radical (unpaired) electrons. The molecule has 1 unspecified atom stereocenters. The second kappa shape index (κ2) is 7.05. The van der Waals surface area contributed by atoms with Crippen molar-refractivity contribution < 1.29 is 14.7 Å². The summed E-state index contributed by atoms with van der Waals surface area (Å²) in [5.74, 6) is -1.26. The summed E-state index contributed by atoms with van der Waals surface area (Å²) in [5, 5.41) is 9.10. The maximum atomic E-state index is 13.0. The van der Waals surface area contributed by atoms with Crippen molar-refractivity contribution in [2.24, 2.45) is 16.9 Å². The summed E-state index contributed by atoms with van der Waals surface area (Å²) in [6.07, 6.45) is 2.43.